The molecular weight excluding hydrogens is 467 g/mol. The van der Waals surface area contributed by atoms with E-state index in [4.69, 9.17) is 10.00 Å². The molecule has 4 heterocycles. The molecule has 2 aromatic rings. The van der Waals surface area contributed by atoms with Crippen LogP contribution >= 0.6 is 0 Å². The molecule has 4 rings (SSSR count). The van der Waals surface area contributed by atoms with Gasteiger partial charge in [-0.3, -0.25) is 9.59 Å². The van der Waals surface area contributed by atoms with E-state index in [-0.39, 0.29) is 31.0 Å². The number of H-pyrrole nitrogens is 1. The number of hydrogen-bond acceptors (Lipinski definition) is 8. The molecule has 186 valence electrons. The molecule has 0 bridgehead atoms. The summed E-state index contributed by atoms with van der Waals surface area (Å²) in [5.74, 6) is 0.160. The second kappa shape index (κ2) is 10.3. The molecule has 0 saturated carbocycles. The molecule has 35 heavy (non-hydrogen) atoms. The molecular formula is C22H24F3N7O3. The van der Waals surface area contributed by atoms with Crippen molar-refractivity contribution in [2.75, 3.05) is 37.7 Å². The summed E-state index contributed by atoms with van der Waals surface area (Å²) >= 11 is 0. The molecule has 0 aliphatic carbocycles. The maximum atomic E-state index is 13.1. The minimum atomic E-state index is -4.86. The van der Waals surface area contributed by atoms with Crippen LogP contribution in [0.4, 0.5) is 19.0 Å². The molecule has 1 amide bonds. The van der Waals surface area contributed by atoms with Crippen LogP contribution in [0.5, 0.6) is 5.75 Å². The highest BCUT2D eigenvalue weighted by atomic mass is 19.4. The van der Waals surface area contributed by atoms with Crippen LogP contribution in [-0.2, 0) is 11.0 Å². The highest BCUT2D eigenvalue weighted by molar-refractivity contribution is 5.77. The number of nitriles is 1. The molecule has 0 unspecified atom stereocenters. The van der Waals surface area contributed by atoms with Gasteiger partial charge in [0.15, 0.2) is 11.3 Å². The lowest BCUT2D eigenvalue weighted by Gasteiger charge is -2.36. The average Bonchev–Trinajstić information content (AvgIpc) is 3.29. The van der Waals surface area contributed by atoms with Gasteiger partial charge in [0.05, 0.1) is 11.8 Å². The van der Waals surface area contributed by atoms with Crippen molar-refractivity contribution in [3.05, 3.63) is 46.0 Å². The summed E-state index contributed by atoms with van der Waals surface area (Å²) in [5, 5.41) is 17.3. The number of ether oxygens (including phenoxy) is 1. The molecule has 2 aromatic heterocycles. The fraction of sp³-hybridized carbons (Fsp3) is 0.500. The number of nitrogens with one attached hydrogen (secondary N) is 2. The molecule has 2 atom stereocenters. The Labute approximate surface area is 198 Å². The standard InChI is InChI=1S/C22H24F3N7O3/c23-22(24,25)20-17(12-28-30-21(20)34)35-13-16-3-2-15(29-16)9-19(33)32-7-5-31(6-8-32)18-4-1-14(10-26)11-27-18/h1,4,11-12,15-16,29H,2-3,5-9,13H2,(H,30,34)/t15-,16-/m1/s1. The van der Waals surface area contributed by atoms with E-state index in [2.05, 4.69) is 20.3 Å². The first kappa shape index (κ1) is 24.5. The molecule has 2 N–H and O–H groups in total. The molecule has 2 aliphatic rings. The van der Waals surface area contributed by atoms with Gasteiger partial charge >= 0.3 is 6.18 Å². The topological polar surface area (TPSA) is 127 Å². The first-order valence-corrected chi connectivity index (χ1v) is 11.2. The van der Waals surface area contributed by atoms with E-state index in [1.807, 2.05) is 6.07 Å². The lowest BCUT2D eigenvalue weighted by molar-refractivity contribution is -0.140. The second-order valence-corrected chi connectivity index (χ2v) is 8.47. The number of carbonyl (C=O) groups is 1. The van der Waals surface area contributed by atoms with Crippen molar-refractivity contribution >= 4 is 11.7 Å². The quantitative estimate of drug-likeness (QED) is 0.619. The van der Waals surface area contributed by atoms with Gasteiger partial charge in [-0.2, -0.15) is 23.5 Å². The van der Waals surface area contributed by atoms with Gasteiger partial charge in [-0.25, -0.2) is 10.1 Å². The minimum absolute atomic E-state index is 0.00894. The molecule has 0 radical (unpaired) electrons. The Bertz CT molecular complexity index is 1140. The molecule has 0 spiro atoms. The minimum Gasteiger partial charge on any atom is -0.489 e. The van der Waals surface area contributed by atoms with E-state index in [1.54, 1.807) is 22.1 Å². The van der Waals surface area contributed by atoms with E-state index >= 15 is 0 Å². The van der Waals surface area contributed by atoms with Gasteiger partial charge in [0.25, 0.3) is 5.56 Å². The summed E-state index contributed by atoms with van der Waals surface area (Å²) in [5.41, 5.74) is -2.27. The zero-order chi connectivity index (χ0) is 25.0. The summed E-state index contributed by atoms with van der Waals surface area (Å²) in [6, 6.07) is 5.19. The smallest absolute Gasteiger partial charge is 0.425 e. The number of alkyl halides is 3. The number of aromatic amines is 1. The molecule has 13 heteroatoms. The van der Waals surface area contributed by atoms with Crippen molar-refractivity contribution in [2.24, 2.45) is 0 Å². The highest BCUT2D eigenvalue weighted by Crippen LogP contribution is 2.33. The van der Waals surface area contributed by atoms with E-state index in [0.717, 1.165) is 12.0 Å². The number of anilines is 1. The van der Waals surface area contributed by atoms with Crippen molar-refractivity contribution in [1.82, 2.24) is 25.4 Å². The van der Waals surface area contributed by atoms with Crippen molar-refractivity contribution in [1.29, 1.82) is 5.26 Å². The Balaban J connectivity index is 1.23. The monoisotopic (exact) mass is 491 g/mol. The Hall–Kier alpha value is -3.66. The van der Waals surface area contributed by atoms with Crippen LogP contribution in [0.3, 0.4) is 0 Å². The SMILES string of the molecule is N#Cc1ccc(N2CCN(C(=O)C[C@H]3CC[C@H](COc4cn[nH]c(=O)c4C(F)(F)F)N3)CC2)nc1. The normalized spacial score (nSPS) is 20.5. The number of nitrogens with zero attached hydrogens (tertiary/aromatic N) is 5. The summed E-state index contributed by atoms with van der Waals surface area (Å²) in [7, 11) is 0. The van der Waals surface area contributed by atoms with Crippen molar-refractivity contribution < 1.29 is 22.7 Å². The zero-order valence-electron chi connectivity index (χ0n) is 18.7. The Morgan fingerprint density at radius 1 is 1.17 bits per heavy atom. The summed E-state index contributed by atoms with van der Waals surface area (Å²) in [6.07, 6.45) is -0.888. The number of amides is 1. The second-order valence-electron chi connectivity index (χ2n) is 8.47. The fourth-order valence-corrected chi connectivity index (χ4v) is 4.31. The molecule has 2 aliphatic heterocycles. The lowest BCUT2D eigenvalue weighted by atomic mass is 10.1. The number of piperazine rings is 1. The predicted octanol–water partition coefficient (Wildman–Crippen LogP) is 1.29. The molecule has 2 saturated heterocycles. The number of halogens is 3. The molecule has 2 fully saturated rings. The van der Waals surface area contributed by atoms with Crippen LogP contribution in [0, 0.1) is 11.3 Å². The Kier molecular flexibility index (Phi) is 7.20. The largest absolute Gasteiger partial charge is 0.489 e. The number of hydrogen-bond donors (Lipinski definition) is 2. The van der Waals surface area contributed by atoms with Crippen LogP contribution in [0.15, 0.2) is 29.3 Å². The van der Waals surface area contributed by atoms with Gasteiger partial charge in [0.1, 0.15) is 18.5 Å². The van der Waals surface area contributed by atoms with Crippen molar-refractivity contribution in [3.63, 3.8) is 0 Å². The van der Waals surface area contributed by atoms with Gasteiger partial charge < -0.3 is 19.9 Å². The molecule has 0 aromatic carbocycles. The zero-order valence-corrected chi connectivity index (χ0v) is 18.7. The van der Waals surface area contributed by atoms with E-state index in [9.17, 15) is 22.8 Å². The summed E-state index contributed by atoms with van der Waals surface area (Å²) in [6.45, 7) is 2.29. The van der Waals surface area contributed by atoms with Gasteiger partial charge in [0, 0.05) is 50.9 Å². The number of aromatic nitrogens is 3. The van der Waals surface area contributed by atoms with E-state index < -0.39 is 23.0 Å². The number of carbonyl (C=O) groups excluding carboxylic acids is 1. The highest BCUT2D eigenvalue weighted by Gasteiger charge is 2.38. The van der Waals surface area contributed by atoms with Crippen LogP contribution < -0.4 is 20.5 Å². The maximum Gasteiger partial charge on any atom is 0.425 e. The van der Waals surface area contributed by atoms with Crippen LogP contribution in [-0.4, -0.2) is 70.9 Å². The number of rotatable bonds is 6. The Morgan fingerprint density at radius 3 is 2.57 bits per heavy atom. The predicted molar refractivity (Wildman–Crippen MR) is 118 cm³/mol. The maximum absolute atomic E-state index is 13.1. The van der Waals surface area contributed by atoms with Crippen molar-refractivity contribution in [2.45, 2.75) is 37.5 Å². The van der Waals surface area contributed by atoms with Gasteiger partial charge in [-0.05, 0) is 25.0 Å². The molecule has 10 nitrogen and oxygen atoms in total. The third kappa shape index (κ3) is 5.89. The summed E-state index contributed by atoms with van der Waals surface area (Å²) < 4.78 is 44.7. The van der Waals surface area contributed by atoms with E-state index in [0.29, 0.717) is 44.6 Å². The number of pyridine rings is 1. The van der Waals surface area contributed by atoms with Gasteiger partial charge in [-0.15, -0.1) is 0 Å². The first-order valence-electron chi connectivity index (χ1n) is 11.2. The third-order valence-corrected chi connectivity index (χ3v) is 6.13. The first-order chi connectivity index (χ1) is 16.7. The summed E-state index contributed by atoms with van der Waals surface area (Å²) in [4.78, 5) is 32.5. The van der Waals surface area contributed by atoms with Crippen LogP contribution in [0.25, 0.3) is 0 Å². The lowest BCUT2D eigenvalue weighted by Crippen LogP contribution is -2.50. The fourth-order valence-electron chi connectivity index (χ4n) is 4.31. The Morgan fingerprint density at radius 2 is 1.91 bits per heavy atom. The van der Waals surface area contributed by atoms with Gasteiger partial charge in [0.2, 0.25) is 5.91 Å². The average molecular weight is 491 g/mol. The van der Waals surface area contributed by atoms with E-state index in [1.165, 1.54) is 6.20 Å². The van der Waals surface area contributed by atoms with Crippen molar-refractivity contribution in [3.8, 4) is 11.8 Å². The third-order valence-electron chi connectivity index (χ3n) is 6.13. The van der Waals surface area contributed by atoms with Crippen LogP contribution in [0.1, 0.15) is 30.4 Å². The van der Waals surface area contributed by atoms with Gasteiger partial charge in [-0.1, -0.05) is 0 Å². The van der Waals surface area contributed by atoms with Crippen LogP contribution in [0.2, 0.25) is 0 Å².